The molecule has 0 aromatic heterocycles. The van der Waals surface area contributed by atoms with E-state index in [2.05, 4.69) is 31.0 Å². The summed E-state index contributed by atoms with van der Waals surface area (Å²) >= 11 is 0. The van der Waals surface area contributed by atoms with Crippen molar-refractivity contribution in [2.24, 2.45) is 0 Å². The molecular formula is C13H21NO2. The molecule has 0 spiro atoms. The van der Waals surface area contributed by atoms with Gasteiger partial charge in [0.25, 0.3) is 0 Å². The Bertz CT molecular complexity index is 301. The molecule has 0 aliphatic rings. The number of nitrogens with one attached hydrogen (secondary N) is 1. The van der Waals surface area contributed by atoms with Gasteiger partial charge in [-0.1, -0.05) is 31.7 Å². The maximum Gasteiger partial charge on any atom is 0.307 e. The van der Waals surface area contributed by atoms with E-state index in [1.54, 1.807) is 12.3 Å². The lowest BCUT2D eigenvalue weighted by Gasteiger charge is -2.21. The molecule has 3 nitrogen and oxygen atoms in total. The molecule has 2 N–H and O–H groups in total. The molecule has 0 aromatic rings. The second-order valence-electron chi connectivity index (χ2n) is 4.17. The Morgan fingerprint density at radius 2 is 2.12 bits per heavy atom. The van der Waals surface area contributed by atoms with Gasteiger partial charge in [0.2, 0.25) is 0 Å². The van der Waals surface area contributed by atoms with Crippen LogP contribution in [0.2, 0.25) is 0 Å². The summed E-state index contributed by atoms with van der Waals surface area (Å²) in [5.41, 5.74) is 0.494. The lowest BCUT2D eigenvalue weighted by atomic mass is 10.0. The van der Waals surface area contributed by atoms with E-state index in [0.29, 0.717) is 5.57 Å². The van der Waals surface area contributed by atoms with Crippen molar-refractivity contribution in [3.05, 3.63) is 36.6 Å². The number of hydrogen-bond donors (Lipinski definition) is 2. The predicted octanol–water partition coefficient (Wildman–Crippen LogP) is 2.87. The van der Waals surface area contributed by atoms with Crippen LogP contribution in [0.1, 0.15) is 33.6 Å². The summed E-state index contributed by atoms with van der Waals surface area (Å²) in [4.78, 5) is 10.5. The first kappa shape index (κ1) is 14.5. The molecule has 0 fully saturated rings. The topological polar surface area (TPSA) is 49.3 Å². The highest BCUT2D eigenvalue weighted by Gasteiger charge is 2.10. The van der Waals surface area contributed by atoms with Crippen LogP contribution in [0.15, 0.2) is 36.6 Å². The molecule has 0 unspecified atom stereocenters. The Morgan fingerprint density at radius 3 is 2.56 bits per heavy atom. The largest absolute Gasteiger partial charge is 0.481 e. The van der Waals surface area contributed by atoms with Crippen LogP contribution in [0.3, 0.4) is 0 Å². The average Bonchev–Trinajstić information content (AvgIpc) is 2.21. The van der Waals surface area contributed by atoms with Crippen molar-refractivity contribution in [1.29, 1.82) is 0 Å². The summed E-state index contributed by atoms with van der Waals surface area (Å²) in [6, 6.07) is 0. The van der Waals surface area contributed by atoms with Gasteiger partial charge in [0.1, 0.15) is 0 Å². The van der Waals surface area contributed by atoms with Crippen LogP contribution < -0.4 is 5.32 Å². The third kappa shape index (κ3) is 6.87. The quantitative estimate of drug-likeness (QED) is 0.515. The zero-order valence-electron chi connectivity index (χ0n) is 10.3. The fourth-order valence-corrected chi connectivity index (χ4v) is 1.10. The van der Waals surface area contributed by atoms with E-state index in [1.165, 1.54) is 0 Å². The zero-order valence-corrected chi connectivity index (χ0v) is 10.3. The van der Waals surface area contributed by atoms with Crippen LogP contribution in [-0.2, 0) is 4.79 Å². The number of aliphatic carboxylic acids is 1. The minimum atomic E-state index is -0.852. The van der Waals surface area contributed by atoms with Gasteiger partial charge in [-0.25, -0.2) is 0 Å². The number of carboxylic acid groups (broad SMARTS) is 1. The summed E-state index contributed by atoms with van der Waals surface area (Å²) in [5.74, 6) is -0.852. The van der Waals surface area contributed by atoms with Gasteiger partial charge in [-0.3, -0.25) is 4.79 Å². The lowest BCUT2D eigenvalue weighted by molar-refractivity contribution is -0.136. The molecule has 0 atom stereocenters. The molecule has 0 amide bonds. The van der Waals surface area contributed by atoms with Crippen molar-refractivity contribution in [1.82, 2.24) is 5.32 Å². The van der Waals surface area contributed by atoms with Gasteiger partial charge in [-0.2, -0.15) is 0 Å². The molecule has 0 heterocycles. The van der Waals surface area contributed by atoms with Crippen molar-refractivity contribution < 1.29 is 9.90 Å². The lowest BCUT2D eigenvalue weighted by Crippen LogP contribution is -2.33. The Hall–Kier alpha value is -1.51. The maximum absolute atomic E-state index is 10.5. The molecule has 0 bridgehead atoms. The fourth-order valence-electron chi connectivity index (χ4n) is 1.10. The van der Waals surface area contributed by atoms with Gasteiger partial charge >= 0.3 is 5.97 Å². The van der Waals surface area contributed by atoms with E-state index in [9.17, 15) is 4.79 Å². The number of rotatable bonds is 7. The number of carbonyl (C=O) groups is 1. The molecule has 0 aliphatic heterocycles. The van der Waals surface area contributed by atoms with E-state index in [0.717, 1.165) is 6.42 Å². The second kappa shape index (κ2) is 6.88. The Kier molecular flexibility index (Phi) is 6.23. The van der Waals surface area contributed by atoms with Crippen molar-refractivity contribution in [3.63, 3.8) is 0 Å². The normalized spacial score (nSPS) is 12.8. The average molecular weight is 223 g/mol. The maximum atomic E-state index is 10.5. The zero-order chi connectivity index (χ0) is 12.6. The minimum absolute atomic E-state index is 0.00985. The fraction of sp³-hybridized carbons (Fsp3) is 0.462. The number of carboxylic acids is 1. The molecule has 0 aromatic carbocycles. The van der Waals surface area contributed by atoms with Gasteiger partial charge in [0, 0.05) is 11.7 Å². The highest BCUT2D eigenvalue weighted by Crippen LogP contribution is 2.08. The third-order valence-corrected chi connectivity index (χ3v) is 2.02. The molecule has 0 saturated heterocycles. The summed E-state index contributed by atoms with van der Waals surface area (Å²) in [6.45, 7) is 9.71. The Balaban J connectivity index is 4.46. The molecule has 3 heteroatoms. The number of allylic oxidation sites excluding steroid dienone is 2. The second-order valence-corrected chi connectivity index (χ2v) is 4.17. The standard InChI is InChI=1S/C13H21NO2/c1-5-7-8-13(3,4)14-10-11(6-2)9-12(15)16/h6-8,10,14H,2,5,9H2,1,3-4H3,(H,15,16)/b8-7-,11-10+. The highest BCUT2D eigenvalue weighted by molar-refractivity contribution is 5.70. The van der Waals surface area contributed by atoms with Crippen LogP contribution in [0.4, 0.5) is 0 Å². The third-order valence-electron chi connectivity index (χ3n) is 2.02. The SMILES string of the molecule is C=C/C(=C\NC(C)(C)/C=C\CC)CC(=O)O. The van der Waals surface area contributed by atoms with Gasteiger partial charge in [0.15, 0.2) is 0 Å². The summed E-state index contributed by atoms with van der Waals surface area (Å²) in [7, 11) is 0. The predicted molar refractivity (Wildman–Crippen MR) is 67.2 cm³/mol. The molecule has 90 valence electrons. The van der Waals surface area contributed by atoms with Crippen molar-refractivity contribution in [2.75, 3.05) is 0 Å². The van der Waals surface area contributed by atoms with Gasteiger partial charge in [-0.15, -0.1) is 0 Å². The molecule has 0 rings (SSSR count). The number of hydrogen-bond acceptors (Lipinski definition) is 2. The first-order valence-corrected chi connectivity index (χ1v) is 5.40. The van der Waals surface area contributed by atoms with E-state index in [1.807, 2.05) is 13.8 Å². The van der Waals surface area contributed by atoms with Crippen molar-refractivity contribution in [2.45, 2.75) is 39.2 Å². The van der Waals surface area contributed by atoms with E-state index in [4.69, 9.17) is 5.11 Å². The first-order valence-electron chi connectivity index (χ1n) is 5.40. The van der Waals surface area contributed by atoms with Crippen LogP contribution in [0, 0.1) is 0 Å². The van der Waals surface area contributed by atoms with Gasteiger partial charge in [0.05, 0.1) is 6.42 Å². The van der Waals surface area contributed by atoms with E-state index < -0.39 is 5.97 Å². The Labute approximate surface area is 97.6 Å². The van der Waals surface area contributed by atoms with E-state index in [-0.39, 0.29) is 12.0 Å². The van der Waals surface area contributed by atoms with Crippen LogP contribution in [0.25, 0.3) is 0 Å². The molecular weight excluding hydrogens is 202 g/mol. The van der Waals surface area contributed by atoms with Gasteiger partial charge in [-0.05, 0) is 25.8 Å². The summed E-state index contributed by atoms with van der Waals surface area (Å²) in [5, 5.41) is 11.8. The van der Waals surface area contributed by atoms with Crippen LogP contribution >= 0.6 is 0 Å². The summed E-state index contributed by atoms with van der Waals surface area (Å²) < 4.78 is 0. The van der Waals surface area contributed by atoms with Crippen molar-refractivity contribution >= 4 is 5.97 Å². The van der Waals surface area contributed by atoms with Crippen LogP contribution in [-0.4, -0.2) is 16.6 Å². The molecule has 0 radical (unpaired) electrons. The molecule has 16 heavy (non-hydrogen) atoms. The summed E-state index contributed by atoms with van der Waals surface area (Å²) in [6.07, 6.45) is 8.38. The minimum Gasteiger partial charge on any atom is -0.481 e. The molecule has 0 aliphatic carbocycles. The monoisotopic (exact) mass is 223 g/mol. The highest BCUT2D eigenvalue weighted by atomic mass is 16.4. The Morgan fingerprint density at radius 1 is 1.50 bits per heavy atom. The molecule has 0 saturated carbocycles. The van der Waals surface area contributed by atoms with Crippen LogP contribution in [0.5, 0.6) is 0 Å². The van der Waals surface area contributed by atoms with Crippen molar-refractivity contribution in [3.8, 4) is 0 Å². The first-order chi connectivity index (χ1) is 7.41. The van der Waals surface area contributed by atoms with Gasteiger partial charge < -0.3 is 10.4 Å². The van der Waals surface area contributed by atoms with E-state index >= 15 is 0 Å². The smallest absolute Gasteiger partial charge is 0.307 e.